The number of nitrogens with zero attached hydrogens (tertiary/aromatic N) is 2. The molecule has 2 rings (SSSR count). The largest absolute Gasteiger partial charge is 0.380 e. The lowest BCUT2D eigenvalue weighted by Crippen LogP contribution is -2.37. The topological polar surface area (TPSA) is 50.6 Å². The fraction of sp³-hybridized carbons (Fsp3) is 0.389. The molecule has 0 saturated heterocycles. The van der Waals surface area contributed by atoms with Crippen molar-refractivity contribution in [2.75, 3.05) is 13.7 Å². The van der Waals surface area contributed by atoms with Crippen molar-refractivity contribution in [3.63, 3.8) is 0 Å². The van der Waals surface area contributed by atoms with E-state index in [1.165, 1.54) is 0 Å². The zero-order valence-corrected chi connectivity index (χ0v) is 19.0. The monoisotopic (exact) mass is 510 g/mol. The second kappa shape index (κ2) is 11.7. The lowest BCUT2D eigenvalue weighted by Gasteiger charge is -2.12. The van der Waals surface area contributed by atoms with Crippen molar-refractivity contribution in [1.29, 1.82) is 0 Å². The van der Waals surface area contributed by atoms with Crippen LogP contribution >= 0.6 is 47.2 Å². The molecule has 0 fully saturated rings. The van der Waals surface area contributed by atoms with Crippen molar-refractivity contribution in [2.24, 2.45) is 12.0 Å². The molecule has 2 aromatic rings. The van der Waals surface area contributed by atoms with Gasteiger partial charge in [0, 0.05) is 26.4 Å². The molecule has 1 aromatic heterocycles. The Balaban J connectivity index is 0.00000338. The van der Waals surface area contributed by atoms with Crippen LogP contribution in [0, 0.1) is 0 Å². The average molecular weight is 511 g/mol. The lowest BCUT2D eigenvalue weighted by atomic mass is 10.1. The molecule has 26 heavy (non-hydrogen) atoms. The fourth-order valence-electron chi connectivity index (χ4n) is 2.35. The molecular weight excluding hydrogens is 486 g/mol. The number of rotatable bonds is 7. The molecule has 0 unspecified atom stereocenters. The molecule has 8 heteroatoms. The first-order chi connectivity index (χ1) is 12.0. The molecule has 2 N–H and O–H groups in total. The first-order valence-corrected chi connectivity index (χ1v) is 8.89. The standard InChI is InChI=1S/C18H24Cl2N4O.HI/c1-4-21-18(23-11-15-9-16(19)17(20)24(15)2)22-10-13-5-7-14(8-6-13)12-25-3;/h5-9H,4,10-12H2,1-3H3,(H2,21,22,23);1H. The van der Waals surface area contributed by atoms with E-state index in [0.717, 1.165) is 29.3 Å². The minimum absolute atomic E-state index is 0. The number of nitrogens with one attached hydrogen (secondary N) is 2. The van der Waals surface area contributed by atoms with E-state index in [9.17, 15) is 0 Å². The third-order valence-electron chi connectivity index (χ3n) is 3.75. The Bertz CT molecular complexity index is 717. The van der Waals surface area contributed by atoms with Crippen LogP contribution in [-0.4, -0.2) is 24.2 Å². The maximum absolute atomic E-state index is 6.10. The lowest BCUT2D eigenvalue weighted by molar-refractivity contribution is 0.185. The van der Waals surface area contributed by atoms with Crippen LogP contribution in [0.1, 0.15) is 23.7 Å². The van der Waals surface area contributed by atoms with Gasteiger partial charge < -0.3 is 19.9 Å². The van der Waals surface area contributed by atoms with Crippen molar-refractivity contribution in [3.05, 3.63) is 57.3 Å². The predicted octanol–water partition coefficient (Wildman–Crippen LogP) is 4.35. The van der Waals surface area contributed by atoms with E-state index >= 15 is 0 Å². The van der Waals surface area contributed by atoms with Crippen LogP contribution in [0.25, 0.3) is 0 Å². The van der Waals surface area contributed by atoms with Gasteiger partial charge in [0.15, 0.2) is 5.96 Å². The van der Waals surface area contributed by atoms with Gasteiger partial charge in [-0.1, -0.05) is 47.5 Å². The Morgan fingerprint density at radius 2 is 1.81 bits per heavy atom. The van der Waals surface area contributed by atoms with Gasteiger partial charge in [-0.15, -0.1) is 24.0 Å². The van der Waals surface area contributed by atoms with Gasteiger partial charge in [-0.2, -0.15) is 0 Å². The van der Waals surface area contributed by atoms with Gasteiger partial charge in [-0.3, -0.25) is 0 Å². The average Bonchev–Trinajstić information content (AvgIpc) is 2.86. The van der Waals surface area contributed by atoms with E-state index in [-0.39, 0.29) is 24.0 Å². The van der Waals surface area contributed by atoms with Gasteiger partial charge in [0.1, 0.15) is 5.15 Å². The number of benzene rings is 1. The third kappa shape index (κ3) is 6.64. The van der Waals surface area contributed by atoms with Crippen LogP contribution < -0.4 is 10.6 Å². The summed E-state index contributed by atoms with van der Waals surface area (Å²) in [6.45, 7) is 4.62. The molecule has 0 atom stereocenters. The Kier molecular flexibility index (Phi) is 10.4. The van der Waals surface area contributed by atoms with Gasteiger partial charge in [-0.05, 0) is 24.1 Å². The summed E-state index contributed by atoms with van der Waals surface area (Å²) in [5.74, 6) is 0.747. The number of hydrogen-bond donors (Lipinski definition) is 2. The SMILES string of the molecule is CCNC(=NCc1ccc(COC)cc1)NCc1cc(Cl)c(Cl)n1C.I. The number of hydrogen-bond acceptors (Lipinski definition) is 2. The van der Waals surface area contributed by atoms with Crippen LogP contribution in [0.3, 0.4) is 0 Å². The summed E-state index contributed by atoms with van der Waals surface area (Å²) in [5, 5.41) is 7.63. The molecule has 0 amide bonds. The second-order valence-corrected chi connectivity index (χ2v) is 6.40. The molecule has 0 saturated carbocycles. The van der Waals surface area contributed by atoms with Crippen molar-refractivity contribution in [2.45, 2.75) is 26.6 Å². The Morgan fingerprint density at radius 1 is 1.15 bits per heavy atom. The van der Waals surface area contributed by atoms with Crippen LogP contribution in [0.5, 0.6) is 0 Å². The normalized spacial score (nSPS) is 11.2. The van der Waals surface area contributed by atoms with Crippen LogP contribution in [-0.2, 0) is 31.5 Å². The summed E-state index contributed by atoms with van der Waals surface area (Å²) in [6.07, 6.45) is 0. The Hall–Kier alpha value is -0.960. The van der Waals surface area contributed by atoms with Gasteiger partial charge in [-0.25, -0.2) is 4.99 Å². The van der Waals surface area contributed by atoms with Gasteiger partial charge in [0.05, 0.1) is 24.7 Å². The van der Waals surface area contributed by atoms with E-state index in [1.807, 2.05) is 24.6 Å². The second-order valence-electron chi connectivity index (χ2n) is 5.63. The summed E-state index contributed by atoms with van der Waals surface area (Å²) >= 11 is 12.2. The Labute approximate surface area is 182 Å². The minimum Gasteiger partial charge on any atom is -0.380 e. The van der Waals surface area contributed by atoms with Gasteiger partial charge >= 0.3 is 0 Å². The highest BCUT2D eigenvalue weighted by Gasteiger charge is 2.09. The zero-order valence-electron chi connectivity index (χ0n) is 15.2. The molecule has 144 valence electrons. The van der Waals surface area contributed by atoms with Gasteiger partial charge in [0.2, 0.25) is 0 Å². The minimum atomic E-state index is 0. The third-order valence-corrected chi connectivity index (χ3v) is 4.59. The number of aliphatic imine (C=N–C) groups is 1. The summed E-state index contributed by atoms with van der Waals surface area (Å²) < 4.78 is 6.98. The van der Waals surface area contributed by atoms with E-state index < -0.39 is 0 Å². The first kappa shape index (κ1) is 23.1. The molecule has 0 aliphatic heterocycles. The highest BCUT2D eigenvalue weighted by molar-refractivity contribution is 14.0. The highest BCUT2D eigenvalue weighted by Crippen LogP contribution is 2.24. The van der Waals surface area contributed by atoms with E-state index in [1.54, 1.807) is 7.11 Å². The van der Waals surface area contributed by atoms with Crippen molar-refractivity contribution in [1.82, 2.24) is 15.2 Å². The quantitative estimate of drug-likeness (QED) is 0.330. The summed E-state index contributed by atoms with van der Waals surface area (Å²) in [7, 11) is 3.58. The van der Waals surface area contributed by atoms with Crippen molar-refractivity contribution in [3.8, 4) is 0 Å². The highest BCUT2D eigenvalue weighted by atomic mass is 127. The van der Waals surface area contributed by atoms with Crippen LogP contribution in [0.2, 0.25) is 10.2 Å². The fourth-order valence-corrected chi connectivity index (χ4v) is 2.77. The molecule has 0 radical (unpaired) electrons. The predicted molar refractivity (Wildman–Crippen MR) is 120 cm³/mol. The number of ether oxygens (including phenoxy) is 1. The number of guanidine groups is 1. The van der Waals surface area contributed by atoms with Crippen molar-refractivity contribution < 1.29 is 4.74 Å². The number of aromatic nitrogens is 1. The van der Waals surface area contributed by atoms with E-state index in [0.29, 0.717) is 29.9 Å². The maximum atomic E-state index is 6.10. The summed E-state index contributed by atoms with van der Waals surface area (Å²) in [5.41, 5.74) is 3.28. The zero-order chi connectivity index (χ0) is 18.2. The maximum Gasteiger partial charge on any atom is 0.191 e. The number of halogens is 3. The van der Waals surface area contributed by atoms with E-state index in [4.69, 9.17) is 27.9 Å². The van der Waals surface area contributed by atoms with Crippen LogP contribution in [0.15, 0.2) is 35.3 Å². The Morgan fingerprint density at radius 3 is 2.35 bits per heavy atom. The van der Waals surface area contributed by atoms with Crippen LogP contribution in [0.4, 0.5) is 0 Å². The molecule has 0 bridgehead atoms. The number of methoxy groups -OCH3 is 1. The summed E-state index contributed by atoms with van der Waals surface area (Å²) in [6, 6.07) is 10.1. The molecule has 0 spiro atoms. The molecule has 5 nitrogen and oxygen atoms in total. The van der Waals surface area contributed by atoms with Crippen molar-refractivity contribution >= 4 is 53.1 Å². The molecule has 1 aromatic carbocycles. The molecular formula is C18H25Cl2IN4O. The smallest absolute Gasteiger partial charge is 0.191 e. The molecule has 0 aliphatic rings. The molecule has 0 aliphatic carbocycles. The van der Waals surface area contributed by atoms with Gasteiger partial charge in [0.25, 0.3) is 0 Å². The molecule has 1 heterocycles. The summed E-state index contributed by atoms with van der Waals surface area (Å²) in [4.78, 5) is 4.62. The first-order valence-electron chi connectivity index (χ1n) is 8.13. The van der Waals surface area contributed by atoms with E-state index in [2.05, 4.69) is 39.9 Å².